The Morgan fingerprint density at radius 2 is 1.84 bits per heavy atom. The summed E-state index contributed by atoms with van der Waals surface area (Å²) < 4.78 is 6.89. The molecule has 1 atom stereocenters. The number of carbonyl (C=O) groups excluding carboxylic acids is 1. The average Bonchev–Trinajstić information content (AvgIpc) is 3.25. The summed E-state index contributed by atoms with van der Waals surface area (Å²) in [4.78, 5) is 21.9. The Labute approximate surface area is 192 Å². The zero-order valence-corrected chi connectivity index (χ0v) is 18.9. The summed E-state index contributed by atoms with van der Waals surface area (Å²) in [6.07, 6.45) is 0. The molecule has 4 rings (SSSR count). The van der Waals surface area contributed by atoms with E-state index in [2.05, 4.69) is 21.0 Å². The first-order valence-electron chi connectivity index (χ1n) is 10.1. The van der Waals surface area contributed by atoms with Gasteiger partial charge in [-0.05, 0) is 50.4 Å². The van der Waals surface area contributed by atoms with E-state index in [1.807, 2.05) is 55.6 Å². The number of carbonyl (C=O) groups is 1. The molecule has 0 fully saturated rings. The van der Waals surface area contributed by atoms with E-state index < -0.39 is 6.04 Å². The largest absolute Gasteiger partial charge is 0.497 e. The van der Waals surface area contributed by atoms with Crippen LogP contribution in [0.1, 0.15) is 6.92 Å². The number of halogens is 1. The second-order valence-electron chi connectivity index (χ2n) is 7.11. The van der Waals surface area contributed by atoms with Gasteiger partial charge >= 0.3 is 0 Å². The molecule has 1 amide bonds. The fourth-order valence-electron chi connectivity index (χ4n) is 3.23. The summed E-state index contributed by atoms with van der Waals surface area (Å²) in [6, 6.07) is 14.8. The van der Waals surface area contributed by atoms with Crippen LogP contribution in [0.4, 0.5) is 5.95 Å². The standard InChI is InChI=1S/C22H25N7O2.ClH/c1-14(21(30)24-13-12-23-2)25-22-26-18-7-5-4-6-17(18)20-27-19(28-29(20)22)15-8-10-16(31-3)11-9-15;/h4-11,14,23H,12-13H2,1-3H3,(H,24,30)(H,25,26);1H/t14-;/m1./s1. The van der Waals surface area contributed by atoms with Gasteiger partial charge in [-0.15, -0.1) is 17.5 Å². The van der Waals surface area contributed by atoms with Gasteiger partial charge in [-0.1, -0.05) is 12.1 Å². The Kier molecular flexibility index (Phi) is 7.45. The quantitative estimate of drug-likeness (QED) is 0.350. The summed E-state index contributed by atoms with van der Waals surface area (Å²) >= 11 is 0. The zero-order valence-electron chi connectivity index (χ0n) is 18.1. The molecule has 0 aliphatic carbocycles. The number of fused-ring (bicyclic) bond motifs is 3. The van der Waals surface area contributed by atoms with Crippen LogP contribution in [-0.4, -0.2) is 58.8 Å². The zero-order chi connectivity index (χ0) is 21.8. The van der Waals surface area contributed by atoms with E-state index in [9.17, 15) is 4.79 Å². The summed E-state index contributed by atoms with van der Waals surface area (Å²) in [6.45, 7) is 3.04. The fourth-order valence-corrected chi connectivity index (χ4v) is 3.23. The average molecular weight is 456 g/mol. The lowest BCUT2D eigenvalue weighted by Crippen LogP contribution is -2.40. The van der Waals surface area contributed by atoms with Crippen molar-refractivity contribution in [1.29, 1.82) is 0 Å². The molecule has 10 heteroatoms. The number of anilines is 1. The van der Waals surface area contributed by atoms with E-state index in [1.165, 1.54) is 0 Å². The Hall–Kier alpha value is -3.43. The molecule has 0 aliphatic rings. The van der Waals surface area contributed by atoms with Gasteiger partial charge < -0.3 is 20.7 Å². The molecule has 3 N–H and O–H groups in total. The van der Waals surface area contributed by atoms with Crippen LogP contribution in [0.15, 0.2) is 48.5 Å². The highest BCUT2D eigenvalue weighted by Crippen LogP contribution is 2.25. The molecule has 2 aromatic carbocycles. The van der Waals surface area contributed by atoms with Gasteiger partial charge in [0.05, 0.1) is 12.6 Å². The summed E-state index contributed by atoms with van der Waals surface area (Å²) in [5.74, 6) is 1.67. The molecule has 2 heterocycles. The number of ether oxygens (including phenoxy) is 1. The molecule has 4 aromatic rings. The second-order valence-corrected chi connectivity index (χ2v) is 7.11. The number of likely N-dealkylation sites (N-methyl/N-ethyl adjacent to an activating group) is 1. The van der Waals surface area contributed by atoms with E-state index in [0.717, 1.165) is 22.2 Å². The number of rotatable bonds is 8. The van der Waals surface area contributed by atoms with Crippen molar-refractivity contribution < 1.29 is 9.53 Å². The van der Waals surface area contributed by atoms with Gasteiger partial charge in [0.25, 0.3) is 0 Å². The van der Waals surface area contributed by atoms with E-state index in [1.54, 1.807) is 18.5 Å². The van der Waals surface area contributed by atoms with Crippen LogP contribution in [0.5, 0.6) is 5.75 Å². The van der Waals surface area contributed by atoms with Crippen LogP contribution in [-0.2, 0) is 4.79 Å². The first-order valence-corrected chi connectivity index (χ1v) is 10.1. The number of hydrogen-bond acceptors (Lipinski definition) is 7. The summed E-state index contributed by atoms with van der Waals surface area (Å²) in [7, 11) is 3.47. The highest BCUT2D eigenvalue weighted by atomic mass is 35.5. The molecule has 0 aliphatic heterocycles. The molecule has 0 unspecified atom stereocenters. The van der Waals surface area contributed by atoms with Gasteiger partial charge in [-0.25, -0.2) is 9.97 Å². The Balaban J connectivity index is 0.00000289. The fraction of sp³-hybridized carbons (Fsp3) is 0.273. The van der Waals surface area contributed by atoms with Crippen molar-refractivity contribution in [3.8, 4) is 17.1 Å². The molecule has 0 radical (unpaired) electrons. The van der Waals surface area contributed by atoms with Crippen LogP contribution < -0.4 is 20.7 Å². The van der Waals surface area contributed by atoms with E-state index >= 15 is 0 Å². The minimum Gasteiger partial charge on any atom is -0.497 e. The van der Waals surface area contributed by atoms with Crippen molar-refractivity contribution in [3.05, 3.63) is 48.5 Å². The number of para-hydroxylation sites is 1. The number of nitrogens with one attached hydrogen (secondary N) is 3. The van der Waals surface area contributed by atoms with Gasteiger partial charge in [0.2, 0.25) is 11.9 Å². The highest BCUT2D eigenvalue weighted by Gasteiger charge is 2.18. The summed E-state index contributed by atoms with van der Waals surface area (Å²) in [5.41, 5.74) is 2.30. The summed E-state index contributed by atoms with van der Waals surface area (Å²) in [5, 5.41) is 14.6. The molecular weight excluding hydrogens is 430 g/mol. The SMILES string of the molecule is CNCCNC(=O)[C@@H](C)Nc1nc2ccccc2c2nc(-c3ccc(OC)cc3)nn12.Cl. The van der Waals surface area contributed by atoms with Crippen LogP contribution in [0.2, 0.25) is 0 Å². The second kappa shape index (κ2) is 10.3. The first-order chi connectivity index (χ1) is 15.1. The van der Waals surface area contributed by atoms with Crippen molar-refractivity contribution in [2.24, 2.45) is 0 Å². The highest BCUT2D eigenvalue weighted by molar-refractivity contribution is 5.93. The Morgan fingerprint density at radius 3 is 2.56 bits per heavy atom. The molecule has 0 spiro atoms. The van der Waals surface area contributed by atoms with Crippen LogP contribution >= 0.6 is 12.4 Å². The molecule has 0 saturated heterocycles. The van der Waals surface area contributed by atoms with Crippen molar-refractivity contribution in [3.63, 3.8) is 0 Å². The molecular formula is C22H26ClN7O2. The Bertz CT molecular complexity index is 1210. The third kappa shape index (κ3) is 4.74. The third-order valence-electron chi connectivity index (χ3n) is 4.94. The predicted octanol–water partition coefficient (Wildman–Crippen LogP) is 2.51. The molecule has 32 heavy (non-hydrogen) atoms. The number of methoxy groups -OCH3 is 1. The van der Waals surface area contributed by atoms with Gasteiger partial charge in [0, 0.05) is 24.0 Å². The molecule has 0 bridgehead atoms. The van der Waals surface area contributed by atoms with Gasteiger partial charge in [-0.2, -0.15) is 4.52 Å². The van der Waals surface area contributed by atoms with Crippen LogP contribution in [0, 0.1) is 0 Å². The minimum atomic E-state index is -0.498. The maximum absolute atomic E-state index is 12.4. The van der Waals surface area contributed by atoms with Crippen LogP contribution in [0.25, 0.3) is 27.9 Å². The molecule has 2 aromatic heterocycles. The maximum Gasteiger partial charge on any atom is 0.242 e. The Morgan fingerprint density at radius 1 is 1.09 bits per heavy atom. The number of benzene rings is 2. The molecule has 168 valence electrons. The predicted molar refractivity (Wildman–Crippen MR) is 128 cm³/mol. The number of hydrogen-bond donors (Lipinski definition) is 3. The van der Waals surface area contributed by atoms with Crippen molar-refractivity contribution >= 4 is 40.8 Å². The monoisotopic (exact) mass is 455 g/mol. The van der Waals surface area contributed by atoms with Crippen molar-refractivity contribution in [1.82, 2.24) is 30.2 Å². The van der Waals surface area contributed by atoms with Gasteiger partial charge in [0.1, 0.15) is 11.8 Å². The smallest absolute Gasteiger partial charge is 0.242 e. The first kappa shape index (κ1) is 23.2. The van der Waals surface area contributed by atoms with Gasteiger partial charge in [-0.3, -0.25) is 4.79 Å². The van der Waals surface area contributed by atoms with E-state index in [4.69, 9.17) is 14.7 Å². The third-order valence-corrected chi connectivity index (χ3v) is 4.94. The van der Waals surface area contributed by atoms with E-state index in [-0.39, 0.29) is 18.3 Å². The molecule has 0 saturated carbocycles. The minimum absolute atomic E-state index is 0. The van der Waals surface area contributed by atoms with Crippen molar-refractivity contribution in [2.45, 2.75) is 13.0 Å². The van der Waals surface area contributed by atoms with Crippen LogP contribution in [0.3, 0.4) is 0 Å². The lowest BCUT2D eigenvalue weighted by molar-refractivity contribution is -0.121. The van der Waals surface area contributed by atoms with Crippen molar-refractivity contribution in [2.75, 3.05) is 32.6 Å². The topological polar surface area (TPSA) is 105 Å². The van der Waals surface area contributed by atoms with E-state index in [0.29, 0.717) is 30.5 Å². The normalized spacial score (nSPS) is 11.7. The van der Waals surface area contributed by atoms with Gasteiger partial charge in [0.15, 0.2) is 11.5 Å². The number of aromatic nitrogens is 4. The molecule has 9 nitrogen and oxygen atoms in total. The lowest BCUT2D eigenvalue weighted by Gasteiger charge is -2.15. The lowest BCUT2D eigenvalue weighted by atomic mass is 10.2. The maximum atomic E-state index is 12.4. The number of amides is 1. The number of nitrogens with zero attached hydrogens (tertiary/aromatic N) is 4.